The summed E-state index contributed by atoms with van der Waals surface area (Å²) >= 11 is 6.02. The van der Waals surface area contributed by atoms with Crippen LogP contribution in [0.15, 0.2) is 52.5 Å². The van der Waals surface area contributed by atoms with Crippen molar-refractivity contribution in [2.24, 2.45) is 10.9 Å². The van der Waals surface area contributed by atoms with Crippen LogP contribution in [0, 0.1) is 0 Å². The van der Waals surface area contributed by atoms with Crippen molar-refractivity contribution in [3.63, 3.8) is 0 Å². The maximum Gasteiger partial charge on any atom is 0.250 e. The van der Waals surface area contributed by atoms with E-state index in [0.29, 0.717) is 22.9 Å². The molecule has 1 aromatic heterocycles. The molecule has 0 saturated heterocycles. The van der Waals surface area contributed by atoms with Crippen LogP contribution in [0.1, 0.15) is 5.56 Å². The Morgan fingerprint density at radius 3 is 2.86 bits per heavy atom. The Bertz CT molecular complexity index is 713. The van der Waals surface area contributed by atoms with Crippen molar-refractivity contribution < 1.29 is 9.94 Å². The first-order chi connectivity index (χ1) is 10.1. The lowest BCUT2D eigenvalue weighted by Crippen LogP contribution is -2.22. The lowest BCUT2D eigenvalue weighted by atomic mass is 10.2. The van der Waals surface area contributed by atoms with Crippen molar-refractivity contribution in [1.29, 1.82) is 0 Å². The predicted octanol–water partition coefficient (Wildman–Crippen LogP) is 1.68. The van der Waals surface area contributed by atoms with Gasteiger partial charge >= 0.3 is 0 Å². The molecule has 2 rings (SSSR count). The number of oxime groups is 1. The van der Waals surface area contributed by atoms with Crippen molar-refractivity contribution in [3.8, 4) is 5.75 Å². The first-order valence-corrected chi connectivity index (χ1v) is 6.56. The van der Waals surface area contributed by atoms with E-state index in [1.54, 1.807) is 36.5 Å². The Kier molecular flexibility index (Phi) is 4.84. The average Bonchev–Trinajstić information content (AvgIpc) is 2.48. The van der Waals surface area contributed by atoms with Gasteiger partial charge in [0.05, 0.1) is 17.1 Å². The van der Waals surface area contributed by atoms with Gasteiger partial charge in [-0.3, -0.25) is 4.79 Å². The van der Waals surface area contributed by atoms with Crippen molar-refractivity contribution >= 4 is 17.4 Å². The van der Waals surface area contributed by atoms with E-state index in [1.165, 1.54) is 10.6 Å². The summed E-state index contributed by atoms with van der Waals surface area (Å²) in [6, 6.07) is 9.88. The molecule has 0 fully saturated rings. The van der Waals surface area contributed by atoms with Gasteiger partial charge < -0.3 is 20.2 Å². The Morgan fingerprint density at radius 1 is 1.33 bits per heavy atom. The number of rotatable bonds is 5. The molecule has 0 aliphatic rings. The molecule has 21 heavy (non-hydrogen) atoms. The fourth-order valence-corrected chi connectivity index (χ4v) is 2.09. The third-order valence-electron chi connectivity index (χ3n) is 2.83. The number of halogens is 1. The second-order valence-electron chi connectivity index (χ2n) is 4.18. The summed E-state index contributed by atoms with van der Waals surface area (Å²) in [5.74, 6) is 0.259. The molecular weight excluding hydrogens is 294 g/mol. The topological polar surface area (TPSA) is 89.8 Å². The lowest BCUT2D eigenvalue weighted by Gasteiger charge is -2.12. The van der Waals surface area contributed by atoms with Gasteiger partial charge in [-0.15, -0.1) is 0 Å². The standard InChI is InChI=1S/C14H14ClN3O3/c15-10-4-3-5-11(13(10)14(16)17-20)21-9-8-18-7-2-1-6-12(18)19/h1-7,20H,8-9H2,(H2,16,17). The zero-order chi connectivity index (χ0) is 15.2. The number of ether oxygens (including phenoxy) is 1. The lowest BCUT2D eigenvalue weighted by molar-refractivity contribution is 0.294. The van der Waals surface area contributed by atoms with E-state index in [-0.39, 0.29) is 18.0 Å². The maximum absolute atomic E-state index is 11.6. The van der Waals surface area contributed by atoms with Crippen LogP contribution in [-0.2, 0) is 6.54 Å². The van der Waals surface area contributed by atoms with Gasteiger partial charge in [0.25, 0.3) is 5.56 Å². The van der Waals surface area contributed by atoms with E-state index in [0.717, 1.165) is 0 Å². The van der Waals surface area contributed by atoms with Crippen LogP contribution in [0.25, 0.3) is 0 Å². The van der Waals surface area contributed by atoms with Crippen molar-refractivity contribution in [2.75, 3.05) is 6.61 Å². The van der Waals surface area contributed by atoms with Gasteiger partial charge in [-0.2, -0.15) is 0 Å². The minimum atomic E-state index is -0.132. The molecule has 1 aromatic carbocycles. The molecule has 0 saturated carbocycles. The second-order valence-corrected chi connectivity index (χ2v) is 4.59. The Morgan fingerprint density at radius 2 is 2.14 bits per heavy atom. The molecule has 0 bridgehead atoms. The molecule has 3 N–H and O–H groups in total. The Hall–Kier alpha value is -2.47. The summed E-state index contributed by atoms with van der Waals surface area (Å²) in [7, 11) is 0. The monoisotopic (exact) mass is 307 g/mol. The predicted molar refractivity (Wildman–Crippen MR) is 80.2 cm³/mol. The first kappa shape index (κ1) is 14.9. The summed E-state index contributed by atoms with van der Waals surface area (Å²) in [4.78, 5) is 11.6. The van der Waals surface area contributed by atoms with Crippen LogP contribution >= 0.6 is 11.6 Å². The molecule has 0 unspecified atom stereocenters. The zero-order valence-corrected chi connectivity index (χ0v) is 11.8. The van der Waals surface area contributed by atoms with Gasteiger partial charge in [0.2, 0.25) is 0 Å². The van der Waals surface area contributed by atoms with E-state index in [2.05, 4.69) is 5.16 Å². The van der Waals surface area contributed by atoms with Crippen molar-refractivity contribution in [3.05, 3.63) is 63.5 Å². The number of hydrogen-bond donors (Lipinski definition) is 2. The van der Waals surface area contributed by atoms with Gasteiger partial charge in [-0.05, 0) is 18.2 Å². The molecule has 6 nitrogen and oxygen atoms in total. The number of benzene rings is 1. The summed E-state index contributed by atoms with van der Waals surface area (Å²) in [5.41, 5.74) is 5.80. The van der Waals surface area contributed by atoms with Gasteiger partial charge in [0.15, 0.2) is 5.84 Å². The van der Waals surface area contributed by atoms with Crippen LogP contribution in [0.2, 0.25) is 5.02 Å². The molecule has 0 atom stereocenters. The molecule has 0 spiro atoms. The highest BCUT2D eigenvalue weighted by molar-refractivity contribution is 6.34. The number of hydrogen-bond acceptors (Lipinski definition) is 4. The highest BCUT2D eigenvalue weighted by Crippen LogP contribution is 2.26. The van der Waals surface area contributed by atoms with E-state index < -0.39 is 0 Å². The minimum Gasteiger partial charge on any atom is -0.491 e. The van der Waals surface area contributed by atoms with Gasteiger partial charge in [0, 0.05) is 12.3 Å². The molecule has 1 heterocycles. The van der Waals surface area contributed by atoms with Crippen LogP contribution in [0.4, 0.5) is 0 Å². The Balaban J connectivity index is 2.13. The minimum absolute atomic E-state index is 0.108. The van der Waals surface area contributed by atoms with Crippen LogP contribution in [-0.4, -0.2) is 22.2 Å². The SMILES string of the molecule is N/C(=N/O)c1c(Cl)cccc1OCCn1ccccc1=O. The van der Waals surface area contributed by atoms with E-state index in [4.69, 9.17) is 27.3 Å². The molecular formula is C14H14ClN3O3. The average molecular weight is 308 g/mol. The third-order valence-corrected chi connectivity index (χ3v) is 3.14. The smallest absolute Gasteiger partial charge is 0.250 e. The summed E-state index contributed by atoms with van der Waals surface area (Å²) in [6.07, 6.45) is 1.67. The number of nitrogens with zero attached hydrogens (tertiary/aromatic N) is 2. The number of pyridine rings is 1. The largest absolute Gasteiger partial charge is 0.491 e. The Labute approximate surface area is 126 Å². The second kappa shape index (κ2) is 6.81. The molecule has 7 heteroatoms. The quantitative estimate of drug-likeness (QED) is 0.380. The molecule has 0 radical (unpaired) electrons. The molecule has 0 amide bonds. The normalized spacial score (nSPS) is 11.4. The molecule has 0 aliphatic carbocycles. The van der Waals surface area contributed by atoms with E-state index >= 15 is 0 Å². The highest BCUT2D eigenvalue weighted by atomic mass is 35.5. The summed E-state index contributed by atoms with van der Waals surface area (Å²) in [6.45, 7) is 0.623. The van der Waals surface area contributed by atoms with Crippen LogP contribution < -0.4 is 16.0 Å². The molecule has 2 aromatic rings. The maximum atomic E-state index is 11.6. The van der Waals surface area contributed by atoms with E-state index in [1.807, 2.05) is 0 Å². The van der Waals surface area contributed by atoms with Gasteiger partial charge in [-0.1, -0.05) is 28.9 Å². The van der Waals surface area contributed by atoms with Crippen LogP contribution in [0.3, 0.4) is 0 Å². The van der Waals surface area contributed by atoms with Crippen LogP contribution in [0.5, 0.6) is 5.75 Å². The highest BCUT2D eigenvalue weighted by Gasteiger charge is 2.12. The fourth-order valence-electron chi connectivity index (χ4n) is 1.82. The molecule has 0 aliphatic heterocycles. The summed E-state index contributed by atoms with van der Waals surface area (Å²) < 4.78 is 7.11. The number of amidine groups is 1. The fraction of sp³-hybridized carbons (Fsp3) is 0.143. The first-order valence-electron chi connectivity index (χ1n) is 6.18. The van der Waals surface area contributed by atoms with Crippen molar-refractivity contribution in [2.45, 2.75) is 6.54 Å². The van der Waals surface area contributed by atoms with Gasteiger partial charge in [0.1, 0.15) is 12.4 Å². The van der Waals surface area contributed by atoms with Crippen molar-refractivity contribution in [1.82, 2.24) is 4.57 Å². The number of nitrogens with two attached hydrogens (primary N) is 1. The van der Waals surface area contributed by atoms with E-state index in [9.17, 15) is 4.79 Å². The van der Waals surface area contributed by atoms with Gasteiger partial charge in [-0.25, -0.2) is 0 Å². The number of aromatic nitrogens is 1. The molecule has 110 valence electrons. The summed E-state index contributed by atoms with van der Waals surface area (Å²) in [5, 5.41) is 12.0. The third kappa shape index (κ3) is 3.55. The zero-order valence-electron chi connectivity index (χ0n) is 11.1.